The fourth-order valence-corrected chi connectivity index (χ4v) is 4.43. The maximum atomic E-state index is 13.4. The molecular weight excluding hydrogens is 466 g/mol. The highest BCUT2D eigenvalue weighted by atomic mass is 16.5. The van der Waals surface area contributed by atoms with Gasteiger partial charge < -0.3 is 24.1 Å². The van der Waals surface area contributed by atoms with Crippen LogP contribution < -0.4 is 9.64 Å². The second-order valence-electron chi connectivity index (χ2n) is 8.82. The van der Waals surface area contributed by atoms with Crippen LogP contribution in [-0.4, -0.2) is 46.1 Å². The number of Topliss-reactive ketones (excluding diaryl/α,β-unsaturated/α-hetero) is 1. The maximum absolute atomic E-state index is 13.4. The maximum Gasteiger partial charge on any atom is 0.354 e. The van der Waals surface area contributed by atoms with Crippen LogP contribution in [0.2, 0.25) is 0 Å². The van der Waals surface area contributed by atoms with Gasteiger partial charge in [-0.05, 0) is 57.9 Å². The van der Waals surface area contributed by atoms with Crippen LogP contribution in [0.25, 0.3) is 5.76 Å². The number of hydrogen-bond donors (Lipinski definition) is 2. The first kappa shape index (κ1) is 24.8. The van der Waals surface area contributed by atoms with E-state index in [-0.39, 0.29) is 28.8 Å². The normalized spacial score (nSPS) is 17.2. The number of carbonyl (C=O) groups excluding carboxylic acids is 3. The van der Waals surface area contributed by atoms with E-state index < -0.39 is 29.5 Å². The molecule has 1 aliphatic heterocycles. The van der Waals surface area contributed by atoms with Gasteiger partial charge in [-0.1, -0.05) is 17.3 Å². The third-order valence-corrected chi connectivity index (χ3v) is 5.92. The molecule has 36 heavy (non-hydrogen) atoms. The zero-order valence-corrected chi connectivity index (χ0v) is 20.8. The van der Waals surface area contributed by atoms with Crippen LogP contribution in [0.4, 0.5) is 5.82 Å². The highest BCUT2D eigenvalue weighted by molar-refractivity contribution is 6.51. The number of esters is 1. The topological polar surface area (TPSA) is 135 Å². The van der Waals surface area contributed by atoms with Gasteiger partial charge in [0.25, 0.3) is 5.78 Å². The molecule has 3 aromatic rings. The van der Waals surface area contributed by atoms with Crippen LogP contribution in [0.5, 0.6) is 5.75 Å². The number of methoxy groups -OCH3 is 1. The fraction of sp³-hybridized carbons (Fsp3) is 0.308. The Morgan fingerprint density at radius 3 is 2.53 bits per heavy atom. The molecule has 2 aromatic heterocycles. The Kier molecular flexibility index (Phi) is 6.45. The molecule has 0 aliphatic carbocycles. The summed E-state index contributed by atoms with van der Waals surface area (Å²) in [5.41, 5.74) is 1.57. The van der Waals surface area contributed by atoms with Gasteiger partial charge in [0.1, 0.15) is 23.0 Å². The summed E-state index contributed by atoms with van der Waals surface area (Å²) < 4.78 is 15.8. The largest absolute Gasteiger partial charge is 0.507 e. The molecule has 10 heteroatoms. The molecular formula is C26H27N3O7. The lowest BCUT2D eigenvalue weighted by Gasteiger charge is -2.23. The summed E-state index contributed by atoms with van der Waals surface area (Å²) >= 11 is 0. The summed E-state index contributed by atoms with van der Waals surface area (Å²) in [4.78, 5) is 42.9. The third kappa shape index (κ3) is 4.15. The van der Waals surface area contributed by atoms with E-state index >= 15 is 0 Å². The molecule has 0 radical (unpaired) electrons. The predicted molar refractivity (Wildman–Crippen MR) is 130 cm³/mol. The Balaban J connectivity index is 1.97. The minimum atomic E-state index is -1.03. The SMILES string of the molecule is COC(=O)c1[nH]c(C)c(/C(O)=C2\C(=O)C(=O)N(c3cc(C)on3)C2c2cccc(OC(C)C)c2)c1C. The summed E-state index contributed by atoms with van der Waals surface area (Å²) in [6.45, 7) is 8.70. The van der Waals surface area contributed by atoms with E-state index in [1.54, 1.807) is 45.0 Å². The monoisotopic (exact) mass is 493 g/mol. The lowest BCUT2D eigenvalue weighted by molar-refractivity contribution is -0.132. The Hall–Kier alpha value is -4.34. The number of rotatable bonds is 6. The number of ketones is 1. The summed E-state index contributed by atoms with van der Waals surface area (Å²) in [7, 11) is 1.25. The molecule has 1 aliphatic rings. The first-order chi connectivity index (χ1) is 17.0. The van der Waals surface area contributed by atoms with Crippen LogP contribution in [0.1, 0.15) is 58.5 Å². The van der Waals surface area contributed by atoms with Crippen molar-refractivity contribution in [2.24, 2.45) is 0 Å². The molecule has 3 heterocycles. The Morgan fingerprint density at radius 1 is 1.19 bits per heavy atom. The van der Waals surface area contributed by atoms with Crippen molar-refractivity contribution >= 4 is 29.2 Å². The van der Waals surface area contributed by atoms with Gasteiger partial charge in [-0.25, -0.2) is 4.79 Å². The van der Waals surface area contributed by atoms with E-state index in [0.29, 0.717) is 28.3 Å². The van der Waals surface area contributed by atoms with Gasteiger partial charge in [-0.2, -0.15) is 0 Å². The van der Waals surface area contributed by atoms with Crippen LogP contribution in [0, 0.1) is 20.8 Å². The molecule has 0 spiro atoms. The van der Waals surface area contributed by atoms with Crippen molar-refractivity contribution in [3.8, 4) is 5.75 Å². The number of hydrogen-bond acceptors (Lipinski definition) is 8. The van der Waals surface area contributed by atoms with Gasteiger partial charge in [0.15, 0.2) is 5.82 Å². The minimum Gasteiger partial charge on any atom is -0.507 e. The highest BCUT2D eigenvalue weighted by Crippen LogP contribution is 2.43. The van der Waals surface area contributed by atoms with Crippen molar-refractivity contribution in [1.82, 2.24) is 10.1 Å². The van der Waals surface area contributed by atoms with Gasteiger partial charge in [0.05, 0.1) is 24.8 Å². The molecule has 4 rings (SSSR count). The van der Waals surface area contributed by atoms with Crippen LogP contribution >= 0.6 is 0 Å². The number of nitrogens with zero attached hydrogens (tertiary/aromatic N) is 2. The van der Waals surface area contributed by atoms with E-state index in [0.717, 1.165) is 0 Å². The number of nitrogens with one attached hydrogen (secondary N) is 1. The molecule has 1 unspecified atom stereocenters. The lowest BCUT2D eigenvalue weighted by Crippen LogP contribution is -2.29. The minimum absolute atomic E-state index is 0.105. The predicted octanol–water partition coefficient (Wildman–Crippen LogP) is 4.13. The molecule has 188 valence electrons. The number of aryl methyl sites for hydroxylation is 2. The van der Waals surface area contributed by atoms with Crippen molar-refractivity contribution in [2.75, 3.05) is 12.0 Å². The molecule has 1 saturated heterocycles. The van der Waals surface area contributed by atoms with Crippen molar-refractivity contribution in [3.63, 3.8) is 0 Å². The van der Waals surface area contributed by atoms with E-state index in [1.165, 1.54) is 18.1 Å². The van der Waals surface area contributed by atoms with E-state index in [9.17, 15) is 19.5 Å². The number of aliphatic hydroxyl groups is 1. The molecule has 0 saturated carbocycles. The first-order valence-corrected chi connectivity index (χ1v) is 11.3. The molecule has 1 atom stereocenters. The zero-order valence-electron chi connectivity index (χ0n) is 20.8. The number of anilines is 1. The molecule has 2 N–H and O–H groups in total. The summed E-state index contributed by atoms with van der Waals surface area (Å²) in [5.74, 6) is -1.70. The number of carbonyl (C=O) groups is 3. The summed E-state index contributed by atoms with van der Waals surface area (Å²) in [6.07, 6.45) is -0.105. The van der Waals surface area contributed by atoms with E-state index in [2.05, 4.69) is 10.1 Å². The van der Waals surface area contributed by atoms with Crippen LogP contribution in [0.15, 0.2) is 40.4 Å². The number of ether oxygens (including phenoxy) is 2. The number of amides is 1. The third-order valence-electron chi connectivity index (χ3n) is 5.92. The second-order valence-corrected chi connectivity index (χ2v) is 8.82. The average Bonchev–Trinajstić information content (AvgIpc) is 3.46. The van der Waals surface area contributed by atoms with Crippen molar-refractivity contribution < 1.29 is 33.5 Å². The standard InChI is InChI=1S/C26H27N3O7/c1-12(2)35-17-9-7-8-16(11-17)22-20(24(31)25(32)29(22)18-10-13(3)36-28-18)23(30)19-14(4)21(26(33)34-6)27-15(19)5/h7-12,22,27,30H,1-6H3/b23-20+. The Bertz CT molecular complexity index is 1400. The first-order valence-electron chi connectivity index (χ1n) is 11.3. The summed E-state index contributed by atoms with van der Waals surface area (Å²) in [6, 6.07) is 7.45. The number of benzene rings is 1. The number of aromatic nitrogens is 2. The van der Waals surface area contributed by atoms with Gasteiger partial charge in [-0.15, -0.1) is 0 Å². The smallest absolute Gasteiger partial charge is 0.354 e. The van der Waals surface area contributed by atoms with Crippen molar-refractivity contribution in [3.05, 3.63) is 69.7 Å². The molecule has 10 nitrogen and oxygen atoms in total. The van der Waals surface area contributed by atoms with E-state index in [1.807, 2.05) is 13.8 Å². The fourth-order valence-electron chi connectivity index (χ4n) is 4.43. The van der Waals surface area contributed by atoms with Crippen molar-refractivity contribution in [1.29, 1.82) is 0 Å². The van der Waals surface area contributed by atoms with Gasteiger partial charge in [0.2, 0.25) is 0 Å². The molecule has 0 bridgehead atoms. The van der Waals surface area contributed by atoms with Crippen LogP contribution in [0.3, 0.4) is 0 Å². The van der Waals surface area contributed by atoms with Crippen molar-refractivity contribution in [2.45, 2.75) is 46.8 Å². The van der Waals surface area contributed by atoms with Gasteiger partial charge >= 0.3 is 11.9 Å². The number of aromatic amines is 1. The Labute approximate surface area is 207 Å². The zero-order chi connectivity index (χ0) is 26.3. The number of aliphatic hydroxyl groups excluding tert-OH is 1. The van der Waals surface area contributed by atoms with Crippen LogP contribution in [-0.2, 0) is 14.3 Å². The average molecular weight is 494 g/mol. The van der Waals surface area contributed by atoms with Gasteiger partial charge in [-0.3, -0.25) is 14.5 Å². The second kappa shape index (κ2) is 9.37. The molecule has 1 amide bonds. The molecule has 1 aromatic carbocycles. The quantitative estimate of drug-likeness (QED) is 0.227. The molecule has 1 fully saturated rings. The Morgan fingerprint density at radius 2 is 1.92 bits per heavy atom. The van der Waals surface area contributed by atoms with E-state index in [4.69, 9.17) is 14.0 Å². The van der Waals surface area contributed by atoms with Gasteiger partial charge in [0, 0.05) is 17.3 Å². The summed E-state index contributed by atoms with van der Waals surface area (Å²) in [5, 5.41) is 15.4. The highest BCUT2D eigenvalue weighted by Gasteiger charge is 2.48. The number of H-pyrrole nitrogens is 1. The lowest BCUT2D eigenvalue weighted by atomic mass is 9.94.